The first-order chi connectivity index (χ1) is 11.8. The summed E-state index contributed by atoms with van der Waals surface area (Å²) in [5.74, 6) is 0.731. The first kappa shape index (κ1) is 15.6. The zero-order valence-electron chi connectivity index (χ0n) is 14.4. The van der Waals surface area contributed by atoms with Gasteiger partial charge in [-0.1, -0.05) is 6.07 Å². The lowest BCUT2D eigenvalue weighted by atomic mass is 10.0. The molecule has 24 heavy (non-hydrogen) atoms. The quantitative estimate of drug-likeness (QED) is 0.847. The minimum absolute atomic E-state index is 0.564. The van der Waals surface area contributed by atoms with Crippen molar-refractivity contribution in [2.75, 3.05) is 19.7 Å². The van der Waals surface area contributed by atoms with Crippen molar-refractivity contribution in [3.63, 3.8) is 0 Å². The van der Waals surface area contributed by atoms with Crippen molar-refractivity contribution >= 4 is 0 Å². The van der Waals surface area contributed by atoms with Gasteiger partial charge < -0.3 is 9.30 Å². The van der Waals surface area contributed by atoms with Gasteiger partial charge in [-0.05, 0) is 45.1 Å². The van der Waals surface area contributed by atoms with Gasteiger partial charge >= 0.3 is 0 Å². The molecule has 0 saturated carbocycles. The van der Waals surface area contributed by atoms with Gasteiger partial charge in [0.05, 0.1) is 24.3 Å². The Morgan fingerprint density at radius 1 is 1.25 bits per heavy atom. The Labute approximate surface area is 143 Å². The highest BCUT2D eigenvalue weighted by molar-refractivity contribution is 5.18. The van der Waals surface area contributed by atoms with Gasteiger partial charge in [-0.2, -0.15) is 0 Å². The summed E-state index contributed by atoms with van der Waals surface area (Å²) < 4.78 is 7.97. The second-order valence-electron chi connectivity index (χ2n) is 6.83. The largest absolute Gasteiger partial charge is 0.478 e. The fraction of sp³-hybridized carbons (Fsp3) is 0.579. The van der Waals surface area contributed by atoms with E-state index < -0.39 is 0 Å². The van der Waals surface area contributed by atoms with E-state index in [1.165, 1.54) is 37.1 Å². The van der Waals surface area contributed by atoms with Gasteiger partial charge in [0.15, 0.2) is 0 Å². The average Bonchev–Trinajstić information content (AvgIpc) is 3.22. The van der Waals surface area contributed by atoms with E-state index in [0.29, 0.717) is 12.6 Å². The molecule has 2 aliphatic rings. The fourth-order valence-electron chi connectivity index (χ4n) is 3.99. The smallest absolute Gasteiger partial charge is 0.213 e. The van der Waals surface area contributed by atoms with Gasteiger partial charge in [-0.25, -0.2) is 9.97 Å². The normalized spacial score (nSPS) is 21.0. The summed E-state index contributed by atoms with van der Waals surface area (Å²) in [6.07, 6.45) is 8.24. The Kier molecular flexibility index (Phi) is 4.52. The number of rotatable bonds is 5. The van der Waals surface area contributed by atoms with Crippen molar-refractivity contribution in [1.29, 1.82) is 0 Å². The van der Waals surface area contributed by atoms with Crippen molar-refractivity contribution in [2.45, 2.75) is 51.6 Å². The highest BCUT2D eigenvalue weighted by Gasteiger charge is 2.27. The molecule has 4 rings (SSSR count). The lowest BCUT2D eigenvalue weighted by molar-refractivity contribution is 0.301. The summed E-state index contributed by atoms with van der Waals surface area (Å²) >= 11 is 0. The Bertz CT molecular complexity index is 696. The average molecular weight is 326 g/mol. The van der Waals surface area contributed by atoms with Gasteiger partial charge in [0.1, 0.15) is 0 Å². The Balaban J connectivity index is 1.41. The van der Waals surface area contributed by atoms with Crippen LogP contribution in [-0.4, -0.2) is 39.1 Å². The lowest BCUT2D eigenvalue weighted by Gasteiger charge is -2.20. The van der Waals surface area contributed by atoms with Crippen LogP contribution in [0.1, 0.15) is 49.3 Å². The predicted molar refractivity (Wildman–Crippen MR) is 93.2 cm³/mol. The summed E-state index contributed by atoms with van der Waals surface area (Å²) in [5.41, 5.74) is 3.92. The van der Waals surface area contributed by atoms with Crippen molar-refractivity contribution < 1.29 is 4.74 Å². The minimum Gasteiger partial charge on any atom is -0.478 e. The number of hydrogen-bond donors (Lipinski definition) is 0. The zero-order valence-corrected chi connectivity index (χ0v) is 14.4. The number of ether oxygens (including phenoxy) is 1. The molecule has 3 heterocycles. The standard InChI is InChI=1S/C19H26N4O/c1-2-24-19-9-5-6-15(21-19)12-22-11-10-16(13-22)23-14-20-17-7-3-4-8-18(17)23/h5-6,9,14,16H,2-4,7-8,10-13H2,1H3. The molecule has 1 unspecified atom stereocenters. The Morgan fingerprint density at radius 3 is 3.08 bits per heavy atom. The van der Waals surface area contributed by atoms with E-state index in [0.717, 1.165) is 37.6 Å². The number of aryl methyl sites for hydroxylation is 1. The molecule has 128 valence electrons. The van der Waals surface area contributed by atoms with E-state index in [9.17, 15) is 0 Å². The van der Waals surface area contributed by atoms with Crippen LogP contribution < -0.4 is 4.74 Å². The molecule has 1 saturated heterocycles. The van der Waals surface area contributed by atoms with Crippen molar-refractivity contribution in [3.05, 3.63) is 41.6 Å². The maximum atomic E-state index is 5.51. The van der Waals surface area contributed by atoms with Crippen LogP contribution in [0, 0.1) is 0 Å². The van der Waals surface area contributed by atoms with Crippen molar-refractivity contribution in [3.8, 4) is 5.88 Å². The van der Waals surface area contributed by atoms with Crippen LogP contribution in [-0.2, 0) is 19.4 Å². The highest BCUT2D eigenvalue weighted by Crippen LogP contribution is 2.28. The molecule has 2 aromatic rings. The third-order valence-electron chi connectivity index (χ3n) is 5.16. The van der Waals surface area contributed by atoms with E-state index in [1.54, 1.807) is 0 Å². The minimum atomic E-state index is 0.564. The number of imidazole rings is 1. The van der Waals surface area contributed by atoms with Crippen LogP contribution >= 0.6 is 0 Å². The maximum Gasteiger partial charge on any atom is 0.213 e. The third kappa shape index (κ3) is 3.18. The second-order valence-corrected chi connectivity index (χ2v) is 6.83. The number of fused-ring (bicyclic) bond motifs is 1. The fourth-order valence-corrected chi connectivity index (χ4v) is 3.99. The van der Waals surface area contributed by atoms with Crippen LogP contribution in [0.4, 0.5) is 0 Å². The van der Waals surface area contributed by atoms with Crippen LogP contribution in [0.3, 0.4) is 0 Å². The number of aromatic nitrogens is 3. The van der Waals surface area contributed by atoms with Gasteiger partial charge in [0.2, 0.25) is 5.88 Å². The van der Waals surface area contributed by atoms with Crippen LogP contribution in [0.25, 0.3) is 0 Å². The number of nitrogens with zero attached hydrogens (tertiary/aromatic N) is 4. The number of hydrogen-bond acceptors (Lipinski definition) is 4. The van der Waals surface area contributed by atoms with E-state index in [4.69, 9.17) is 4.74 Å². The maximum absolute atomic E-state index is 5.51. The highest BCUT2D eigenvalue weighted by atomic mass is 16.5. The molecule has 0 spiro atoms. The molecule has 1 aliphatic heterocycles. The molecule has 0 bridgehead atoms. The molecular weight excluding hydrogens is 300 g/mol. The van der Waals surface area contributed by atoms with E-state index >= 15 is 0 Å². The predicted octanol–water partition coefficient (Wildman–Crippen LogP) is 3.00. The third-order valence-corrected chi connectivity index (χ3v) is 5.16. The summed E-state index contributed by atoms with van der Waals surface area (Å²) in [6, 6.07) is 6.62. The zero-order chi connectivity index (χ0) is 16.4. The molecule has 0 N–H and O–H groups in total. The monoisotopic (exact) mass is 326 g/mol. The van der Waals surface area contributed by atoms with Crippen molar-refractivity contribution in [1.82, 2.24) is 19.4 Å². The van der Waals surface area contributed by atoms with E-state index in [2.05, 4.69) is 31.8 Å². The molecule has 1 atom stereocenters. The van der Waals surface area contributed by atoms with Crippen LogP contribution in [0.15, 0.2) is 24.5 Å². The molecule has 2 aromatic heterocycles. The molecule has 1 fully saturated rings. The van der Waals surface area contributed by atoms with E-state index in [1.807, 2.05) is 19.1 Å². The first-order valence-electron chi connectivity index (χ1n) is 9.19. The summed E-state index contributed by atoms with van der Waals surface area (Å²) in [6.45, 7) is 5.76. The molecule has 0 amide bonds. The molecule has 1 aliphatic carbocycles. The first-order valence-corrected chi connectivity index (χ1v) is 9.19. The summed E-state index contributed by atoms with van der Waals surface area (Å²) in [7, 11) is 0. The van der Waals surface area contributed by atoms with Gasteiger partial charge in [-0.3, -0.25) is 4.90 Å². The van der Waals surface area contributed by atoms with Gasteiger partial charge in [0, 0.05) is 37.4 Å². The summed E-state index contributed by atoms with van der Waals surface area (Å²) in [5, 5.41) is 0. The number of pyridine rings is 1. The molecule has 5 heteroatoms. The molecular formula is C19H26N4O. The Hall–Kier alpha value is -1.88. The topological polar surface area (TPSA) is 43.2 Å². The van der Waals surface area contributed by atoms with E-state index in [-0.39, 0.29) is 0 Å². The lowest BCUT2D eigenvalue weighted by Crippen LogP contribution is -2.22. The van der Waals surface area contributed by atoms with Gasteiger partial charge in [0.25, 0.3) is 0 Å². The van der Waals surface area contributed by atoms with Crippen molar-refractivity contribution in [2.24, 2.45) is 0 Å². The van der Waals surface area contributed by atoms with Crippen LogP contribution in [0.2, 0.25) is 0 Å². The van der Waals surface area contributed by atoms with Gasteiger partial charge in [-0.15, -0.1) is 0 Å². The molecule has 5 nitrogen and oxygen atoms in total. The molecule has 0 radical (unpaired) electrons. The second kappa shape index (κ2) is 6.93. The number of likely N-dealkylation sites (tertiary alicyclic amines) is 1. The SMILES string of the molecule is CCOc1cccc(CN2CCC(n3cnc4c3CCCC4)C2)n1. The van der Waals surface area contributed by atoms with Crippen LogP contribution in [0.5, 0.6) is 5.88 Å². The summed E-state index contributed by atoms with van der Waals surface area (Å²) in [4.78, 5) is 11.8. The molecule has 0 aromatic carbocycles. The Morgan fingerprint density at radius 2 is 2.17 bits per heavy atom.